The van der Waals surface area contributed by atoms with Crippen LogP contribution in [-0.4, -0.2) is 72.2 Å². The fourth-order valence-electron chi connectivity index (χ4n) is 3.78. The maximum atomic E-state index is 12.9. The first kappa shape index (κ1) is 19.8. The Morgan fingerprint density at radius 1 is 1.19 bits per heavy atom. The van der Waals surface area contributed by atoms with E-state index in [0.29, 0.717) is 32.0 Å². The van der Waals surface area contributed by atoms with Crippen molar-refractivity contribution < 1.29 is 18.0 Å². The monoisotopic (exact) mass is 393 g/mol. The summed E-state index contributed by atoms with van der Waals surface area (Å²) in [4.78, 5) is 33.3. The van der Waals surface area contributed by atoms with E-state index < -0.39 is 9.84 Å². The highest BCUT2D eigenvalue weighted by Gasteiger charge is 2.34. The summed E-state index contributed by atoms with van der Waals surface area (Å²) in [5.41, 5.74) is 0.461. The Bertz CT molecular complexity index is 816. The minimum atomic E-state index is -3.08. The van der Waals surface area contributed by atoms with Gasteiger partial charge < -0.3 is 9.80 Å². The number of carbonyl (C=O) groups is 2. The second kappa shape index (κ2) is 7.96. The van der Waals surface area contributed by atoms with Gasteiger partial charge in [-0.3, -0.25) is 9.59 Å². The van der Waals surface area contributed by atoms with E-state index in [4.69, 9.17) is 0 Å². The minimum Gasteiger partial charge on any atom is -0.337 e. The molecule has 0 bridgehead atoms. The van der Waals surface area contributed by atoms with Crippen molar-refractivity contribution in [3.63, 3.8) is 0 Å². The first-order valence-corrected chi connectivity index (χ1v) is 11.4. The molecule has 0 aromatic carbocycles. The number of pyridine rings is 1. The van der Waals surface area contributed by atoms with Gasteiger partial charge in [0.2, 0.25) is 0 Å². The van der Waals surface area contributed by atoms with Gasteiger partial charge in [-0.25, -0.2) is 13.4 Å². The van der Waals surface area contributed by atoms with E-state index in [9.17, 15) is 18.0 Å². The number of likely N-dealkylation sites (tertiary alicyclic amines) is 1. The Morgan fingerprint density at radius 3 is 2.44 bits per heavy atom. The maximum Gasteiger partial charge on any atom is 0.272 e. The molecule has 0 spiro atoms. The largest absolute Gasteiger partial charge is 0.337 e. The fourth-order valence-corrected chi connectivity index (χ4v) is 5.51. The van der Waals surface area contributed by atoms with E-state index in [-0.39, 0.29) is 40.7 Å². The van der Waals surface area contributed by atoms with Crippen molar-refractivity contribution in [3.05, 3.63) is 29.6 Å². The zero-order valence-corrected chi connectivity index (χ0v) is 16.7. The number of hydrogen-bond donors (Lipinski definition) is 0. The molecule has 148 valence electrons. The molecule has 2 fully saturated rings. The van der Waals surface area contributed by atoms with Gasteiger partial charge in [0.15, 0.2) is 9.84 Å². The first-order valence-electron chi connectivity index (χ1n) is 9.58. The normalized spacial score (nSPS) is 22.6. The first-order chi connectivity index (χ1) is 12.8. The number of rotatable bonds is 4. The summed E-state index contributed by atoms with van der Waals surface area (Å²) < 4.78 is 23.5. The standard InChI is InChI=1S/C19H27N3O4S/c1-3-22(15-9-12-27(25,26)13-15)19(24)17-6-4-5-16(20-17)18(23)21-10-7-14(2)8-11-21/h4-6,14-15H,3,7-13H2,1-2H3. The Hall–Kier alpha value is -1.96. The number of aromatic nitrogens is 1. The van der Waals surface area contributed by atoms with E-state index in [0.717, 1.165) is 12.8 Å². The summed E-state index contributed by atoms with van der Waals surface area (Å²) in [5, 5.41) is 0. The summed E-state index contributed by atoms with van der Waals surface area (Å²) in [7, 11) is -3.08. The number of carbonyl (C=O) groups excluding carboxylic acids is 2. The van der Waals surface area contributed by atoms with Crippen LogP contribution in [0.4, 0.5) is 0 Å². The van der Waals surface area contributed by atoms with Gasteiger partial charge >= 0.3 is 0 Å². The second-order valence-electron chi connectivity index (χ2n) is 7.53. The predicted octanol–water partition coefficient (Wildman–Crippen LogP) is 1.60. The van der Waals surface area contributed by atoms with Crippen LogP contribution in [0.1, 0.15) is 54.1 Å². The summed E-state index contributed by atoms with van der Waals surface area (Å²) >= 11 is 0. The highest BCUT2D eigenvalue weighted by molar-refractivity contribution is 7.91. The number of hydrogen-bond acceptors (Lipinski definition) is 5. The Labute approximate surface area is 160 Å². The van der Waals surface area contributed by atoms with E-state index in [1.165, 1.54) is 0 Å². The molecule has 8 heteroatoms. The molecule has 2 amide bonds. The van der Waals surface area contributed by atoms with Crippen LogP contribution >= 0.6 is 0 Å². The molecule has 3 rings (SSSR count). The van der Waals surface area contributed by atoms with Crippen LogP contribution in [0.2, 0.25) is 0 Å². The average Bonchev–Trinajstić information content (AvgIpc) is 3.02. The molecule has 2 aliphatic rings. The summed E-state index contributed by atoms with van der Waals surface area (Å²) in [6.45, 7) is 5.83. The van der Waals surface area contributed by atoms with Gasteiger partial charge in [0.25, 0.3) is 11.8 Å². The number of amides is 2. The third-order valence-corrected chi connectivity index (χ3v) is 7.26. The van der Waals surface area contributed by atoms with E-state index in [2.05, 4.69) is 11.9 Å². The molecule has 0 radical (unpaired) electrons. The maximum absolute atomic E-state index is 12.9. The summed E-state index contributed by atoms with van der Waals surface area (Å²) in [5.74, 6) is 0.262. The van der Waals surface area contributed by atoms with Gasteiger partial charge in [-0.05, 0) is 44.2 Å². The molecule has 27 heavy (non-hydrogen) atoms. The van der Waals surface area contributed by atoms with Gasteiger partial charge in [-0.15, -0.1) is 0 Å². The fraction of sp³-hybridized carbons (Fsp3) is 0.632. The van der Waals surface area contributed by atoms with Crippen molar-refractivity contribution in [1.29, 1.82) is 0 Å². The van der Waals surface area contributed by atoms with E-state index >= 15 is 0 Å². The lowest BCUT2D eigenvalue weighted by Crippen LogP contribution is -2.42. The molecule has 0 N–H and O–H groups in total. The molecule has 1 unspecified atom stereocenters. The lowest BCUT2D eigenvalue weighted by Gasteiger charge is -2.30. The van der Waals surface area contributed by atoms with Crippen LogP contribution in [0.5, 0.6) is 0 Å². The van der Waals surface area contributed by atoms with Gasteiger partial charge in [-0.2, -0.15) is 0 Å². The molecule has 1 atom stereocenters. The Balaban J connectivity index is 1.76. The van der Waals surface area contributed by atoms with Crippen LogP contribution in [-0.2, 0) is 9.84 Å². The number of nitrogens with zero attached hydrogens (tertiary/aromatic N) is 3. The summed E-state index contributed by atoms with van der Waals surface area (Å²) in [6, 6.07) is 4.56. The molecule has 0 aliphatic carbocycles. The lowest BCUT2D eigenvalue weighted by atomic mass is 9.99. The van der Waals surface area contributed by atoms with Crippen LogP contribution in [0, 0.1) is 5.92 Å². The van der Waals surface area contributed by atoms with Gasteiger partial charge in [-0.1, -0.05) is 13.0 Å². The van der Waals surface area contributed by atoms with Crippen molar-refractivity contribution >= 4 is 21.7 Å². The quantitative estimate of drug-likeness (QED) is 0.775. The zero-order chi connectivity index (χ0) is 19.6. The van der Waals surface area contributed by atoms with Gasteiger partial charge in [0, 0.05) is 25.7 Å². The van der Waals surface area contributed by atoms with Crippen molar-refractivity contribution in [2.24, 2.45) is 5.92 Å². The van der Waals surface area contributed by atoms with Crippen LogP contribution in [0.25, 0.3) is 0 Å². The molecule has 3 heterocycles. The van der Waals surface area contributed by atoms with Gasteiger partial charge in [0.1, 0.15) is 11.4 Å². The zero-order valence-electron chi connectivity index (χ0n) is 15.9. The molecule has 1 aromatic heterocycles. The smallest absolute Gasteiger partial charge is 0.272 e. The number of sulfone groups is 1. The van der Waals surface area contributed by atoms with Crippen LogP contribution < -0.4 is 0 Å². The third kappa shape index (κ3) is 4.48. The minimum absolute atomic E-state index is 0.00281. The molecular formula is C19H27N3O4S. The molecule has 2 aliphatic heterocycles. The highest BCUT2D eigenvalue weighted by atomic mass is 32.2. The molecule has 0 saturated carbocycles. The second-order valence-corrected chi connectivity index (χ2v) is 9.76. The topological polar surface area (TPSA) is 87.7 Å². The Morgan fingerprint density at radius 2 is 1.85 bits per heavy atom. The third-order valence-electron chi connectivity index (χ3n) is 5.51. The van der Waals surface area contributed by atoms with Crippen molar-refractivity contribution in [2.45, 2.75) is 39.2 Å². The van der Waals surface area contributed by atoms with Crippen molar-refractivity contribution in [3.8, 4) is 0 Å². The molecular weight excluding hydrogens is 366 g/mol. The van der Waals surface area contributed by atoms with Crippen LogP contribution in [0.15, 0.2) is 18.2 Å². The number of piperidine rings is 1. The van der Waals surface area contributed by atoms with Crippen LogP contribution in [0.3, 0.4) is 0 Å². The SMILES string of the molecule is CCN(C(=O)c1cccc(C(=O)N2CCC(C)CC2)n1)C1CCS(=O)(=O)C1. The summed E-state index contributed by atoms with van der Waals surface area (Å²) in [6.07, 6.45) is 2.40. The molecule has 1 aromatic rings. The van der Waals surface area contributed by atoms with E-state index in [1.807, 2.05) is 6.92 Å². The predicted molar refractivity (Wildman–Crippen MR) is 102 cm³/mol. The lowest BCUT2D eigenvalue weighted by molar-refractivity contribution is 0.0687. The molecule has 7 nitrogen and oxygen atoms in total. The molecule has 2 saturated heterocycles. The van der Waals surface area contributed by atoms with Crippen molar-refractivity contribution in [1.82, 2.24) is 14.8 Å². The Kier molecular flexibility index (Phi) is 5.83. The van der Waals surface area contributed by atoms with E-state index in [1.54, 1.807) is 28.0 Å². The average molecular weight is 394 g/mol. The van der Waals surface area contributed by atoms with Crippen molar-refractivity contribution in [2.75, 3.05) is 31.1 Å². The van der Waals surface area contributed by atoms with Gasteiger partial charge in [0.05, 0.1) is 11.5 Å². The highest BCUT2D eigenvalue weighted by Crippen LogP contribution is 2.20.